The molecule has 0 radical (unpaired) electrons. The molecule has 3 aromatic rings. The molecule has 0 spiro atoms. The predicted octanol–water partition coefficient (Wildman–Crippen LogP) is 1.60. The van der Waals surface area contributed by atoms with Crippen LogP contribution >= 0.6 is 0 Å². The summed E-state index contributed by atoms with van der Waals surface area (Å²) in [6, 6.07) is 7.54. The van der Waals surface area contributed by atoms with Gasteiger partial charge in [0.15, 0.2) is 5.65 Å². The van der Waals surface area contributed by atoms with Gasteiger partial charge in [0.2, 0.25) is 0 Å². The third-order valence-electron chi connectivity index (χ3n) is 2.32. The van der Waals surface area contributed by atoms with Crippen LogP contribution in [0, 0.1) is 0 Å². The van der Waals surface area contributed by atoms with Gasteiger partial charge >= 0.3 is 0 Å². The second-order valence-electron chi connectivity index (χ2n) is 3.47. The molecule has 1 aromatic carbocycles. The Morgan fingerprint density at radius 3 is 3.00 bits per heavy atom. The van der Waals surface area contributed by atoms with Gasteiger partial charge in [-0.3, -0.25) is 0 Å². The molecule has 0 aliphatic heterocycles. The van der Waals surface area contributed by atoms with Crippen molar-refractivity contribution in [1.29, 1.82) is 0 Å². The van der Waals surface area contributed by atoms with Crippen molar-refractivity contribution in [2.24, 2.45) is 0 Å². The number of H-pyrrole nitrogens is 1. The molecule has 0 fully saturated rings. The van der Waals surface area contributed by atoms with E-state index in [1.165, 1.54) is 6.33 Å². The highest BCUT2D eigenvalue weighted by Crippen LogP contribution is 2.20. The molecule has 2 aromatic heterocycles. The number of nitrogens with two attached hydrogens (primary N) is 1. The van der Waals surface area contributed by atoms with Crippen molar-refractivity contribution in [1.82, 2.24) is 19.9 Å². The van der Waals surface area contributed by atoms with Crippen LogP contribution in [0.2, 0.25) is 0 Å². The smallest absolute Gasteiger partial charge is 0.181 e. The average Bonchev–Trinajstić information content (AvgIpc) is 2.72. The van der Waals surface area contributed by atoms with Crippen LogP contribution in [0.3, 0.4) is 0 Å². The van der Waals surface area contributed by atoms with E-state index in [-0.39, 0.29) is 0 Å². The highest BCUT2D eigenvalue weighted by atomic mass is 15.0. The Bertz CT molecular complexity index is 610. The van der Waals surface area contributed by atoms with Crippen LogP contribution in [-0.2, 0) is 0 Å². The second-order valence-corrected chi connectivity index (χ2v) is 3.47. The topological polar surface area (TPSA) is 80.5 Å². The molecule has 2 heterocycles. The summed E-state index contributed by atoms with van der Waals surface area (Å²) < 4.78 is 0. The maximum Gasteiger partial charge on any atom is 0.181 e. The van der Waals surface area contributed by atoms with Gasteiger partial charge in [0.05, 0.1) is 6.20 Å². The lowest BCUT2D eigenvalue weighted by Crippen LogP contribution is -1.86. The number of aromatic nitrogens is 4. The normalized spacial score (nSPS) is 10.8. The number of anilines is 1. The SMILES string of the molecule is Nc1cccc(-c2nc3ncncc3[nH]2)c1. The molecule has 0 aliphatic rings. The average molecular weight is 211 g/mol. The molecule has 0 atom stereocenters. The van der Waals surface area contributed by atoms with Crippen molar-refractivity contribution >= 4 is 16.9 Å². The molecule has 3 rings (SSSR count). The molecular formula is C11H9N5. The molecule has 5 heteroatoms. The minimum Gasteiger partial charge on any atom is -0.399 e. The maximum atomic E-state index is 5.72. The second kappa shape index (κ2) is 3.30. The highest BCUT2D eigenvalue weighted by Gasteiger charge is 2.05. The molecule has 0 saturated heterocycles. The van der Waals surface area contributed by atoms with Gasteiger partial charge in [-0.1, -0.05) is 12.1 Å². The van der Waals surface area contributed by atoms with Crippen LogP contribution in [0.25, 0.3) is 22.6 Å². The number of aromatic amines is 1. The first-order valence-electron chi connectivity index (χ1n) is 4.84. The molecule has 78 valence electrons. The summed E-state index contributed by atoms with van der Waals surface area (Å²) in [5.41, 5.74) is 8.85. The van der Waals surface area contributed by atoms with E-state index >= 15 is 0 Å². The summed E-state index contributed by atoms with van der Waals surface area (Å²) in [6.45, 7) is 0. The predicted molar refractivity (Wildman–Crippen MR) is 61.5 cm³/mol. The number of fused-ring (bicyclic) bond motifs is 1. The van der Waals surface area contributed by atoms with E-state index in [1.54, 1.807) is 6.20 Å². The van der Waals surface area contributed by atoms with Crippen molar-refractivity contribution in [3.05, 3.63) is 36.8 Å². The number of imidazole rings is 1. The van der Waals surface area contributed by atoms with Gasteiger partial charge in [0.25, 0.3) is 0 Å². The minimum atomic E-state index is 0.660. The zero-order valence-electron chi connectivity index (χ0n) is 8.38. The first-order valence-corrected chi connectivity index (χ1v) is 4.84. The lowest BCUT2D eigenvalue weighted by Gasteiger charge is -1.97. The number of hydrogen-bond donors (Lipinski definition) is 2. The third kappa shape index (κ3) is 1.38. The van der Waals surface area contributed by atoms with Crippen LogP contribution in [-0.4, -0.2) is 19.9 Å². The molecule has 0 bridgehead atoms. The molecule has 16 heavy (non-hydrogen) atoms. The van der Waals surface area contributed by atoms with Crippen LogP contribution in [0.15, 0.2) is 36.8 Å². The Morgan fingerprint density at radius 2 is 2.19 bits per heavy atom. The van der Waals surface area contributed by atoms with Gasteiger partial charge in [-0.05, 0) is 12.1 Å². The molecule has 0 unspecified atom stereocenters. The summed E-state index contributed by atoms with van der Waals surface area (Å²) in [5.74, 6) is 0.753. The Labute approximate surface area is 91.4 Å². The van der Waals surface area contributed by atoms with Gasteiger partial charge in [0.1, 0.15) is 17.7 Å². The molecule has 0 saturated carbocycles. The number of nitrogen functional groups attached to an aromatic ring is 1. The van der Waals surface area contributed by atoms with E-state index in [4.69, 9.17) is 5.73 Å². The van der Waals surface area contributed by atoms with E-state index in [0.29, 0.717) is 11.3 Å². The zero-order valence-corrected chi connectivity index (χ0v) is 8.38. The molecule has 0 amide bonds. The van der Waals surface area contributed by atoms with Gasteiger partial charge in [-0.15, -0.1) is 0 Å². The monoisotopic (exact) mass is 211 g/mol. The van der Waals surface area contributed by atoms with E-state index in [9.17, 15) is 0 Å². The summed E-state index contributed by atoms with van der Waals surface area (Å²) >= 11 is 0. The Hall–Kier alpha value is -2.43. The van der Waals surface area contributed by atoms with Gasteiger partial charge in [-0.2, -0.15) is 0 Å². The molecule has 5 nitrogen and oxygen atoms in total. The largest absolute Gasteiger partial charge is 0.399 e. The van der Waals surface area contributed by atoms with Crippen LogP contribution in [0.1, 0.15) is 0 Å². The van der Waals surface area contributed by atoms with Crippen LogP contribution in [0.4, 0.5) is 5.69 Å². The van der Waals surface area contributed by atoms with E-state index in [0.717, 1.165) is 16.9 Å². The lowest BCUT2D eigenvalue weighted by atomic mass is 10.2. The maximum absolute atomic E-state index is 5.72. The number of hydrogen-bond acceptors (Lipinski definition) is 4. The molecule has 0 aliphatic carbocycles. The first-order chi connectivity index (χ1) is 7.83. The van der Waals surface area contributed by atoms with Crippen molar-refractivity contribution in [3.63, 3.8) is 0 Å². The van der Waals surface area contributed by atoms with Gasteiger partial charge in [-0.25, -0.2) is 15.0 Å². The number of benzene rings is 1. The fourth-order valence-electron chi connectivity index (χ4n) is 1.58. The standard InChI is InChI=1S/C11H9N5/c12-8-3-1-2-7(4-8)10-15-9-5-13-6-14-11(9)16-10/h1-6H,12H2,(H,13,14,15,16). The Kier molecular flexibility index (Phi) is 1.83. The van der Waals surface area contributed by atoms with E-state index in [2.05, 4.69) is 19.9 Å². The van der Waals surface area contributed by atoms with E-state index in [1.807, 2.05) is 24.3 Å². The quantitative estimate of drug-likeness (QED) is 0.599. The van der Waals surface area contributed by atoms with Crippen molar-refractivity contribution in [2.45, 2.75) is 0 Å². The fourth-order valence-corrected chi connectivity index (χ4v) is 1.58. The van der Waals surface area contributed by atoms with Gasteiger partial charge in [0, 0.05) is 11.3 Å². The van der Waals surface area contributed by atoms with Crippen LogP contribution < -0.4 is 5.73 Å². The highest BCUT2D eigenvalue weighted by molar-refractivity contribution is 5.75. The fraction of sp³-hybridized carbons (Fsp3) is 0. The third-order valence-corrected chi connectivity index (χ3v) is 2.32. The number of nitrogens with one attached hydrogen (secondary N) is 1. The van der Waals surface area contributed by atoms with Crippen molar-refractivity contribution in [3.8, 4) is 11.4 Å². The summed E-state index contributed by atoms with van der Waals surface area (Å²) in [7, 11) is 0. The first kappa shape index (κ1) is 8.84. The molecular weight excluding hydrogens is 202 g/mol. The zero-order chi connectivity index (χ0) is 11.0. The number of nitrogens with zero attached hydrogens (tertiary/aromatic N) is 3. The summed E-state index contributed by atoms with van der Waals surface area (Å²) in [6.07, 6.45) is 3.18. The lowest BCUT2D eigenvalue weighted by molar-refractivity contribution is 1.20. The number of rotatable bonds is 1. The summed E-state index contributed by atoms with van der Waals surface area (Å²) in [5, 5.41) is 0. The molecule has 3 N–H and O–H groups in total. The van der Waals surface area contributed by atoms with Crippen molar-refractivity contribution < 1.29 is 0 Å². The minimum absolute atomic E-state index is 0.660. The van der Waals surface area contributed by atoms with Crippen LogP contribution in [0.5, 0.6) is 0 Å². The summed E-state index contributed by atoms with van der Waals surface area (Å²) in [4.78, 5) is 15.5. The van der Waals surface area contributed by atoms with Gasteiger partial charge < -0.3 is 10.7 Å². The Balaban J connectivity index is 2.19. The van der Waals surface area contributed by atoms with Crippen molar-refractivity contribution in [2.75, 3.05) is 5.73 Å². The Morgan fingerprint density at radius 1 is 1.25 bits per heavy atom. The van der Waals surface area contributed by atoms with E-state index < -0.39 is 0 Å².